The van der Waals surface area contributed by atoms with Crippen LogP contribution >= 0.6 is 0 Å². The first-order chi connectivity index (χ1) is 11.2. The van der Waals surface area contributed by atoms with Gasteiger partial charge in [-0.1, -0.05) is 0 Å². The Labute approximate surface area is 138 Å². The molecule has 0 spiro atoms. The molecule has 0 aromatic carbocycles. The molecule has 0 bridgehead atoms. The lowest BCUT2D eigenvalue weighted by molar-refractivity contribution is -0.141. The number of piperidine rings is 1. The van der Waals surface area contributed by atoms with Crippen molar-refractivity contribution in [3.05, 3.63) is 18.1 Å². The van der Waals surface area contributed by atoms with Gasteiger partial charge in [-0.25, -0.2) is 22.7 Å². The van der Waals surface area contributed by atoms with Gasteiger partial charge in [0, 0.05) is 31.2 Å². The lowest BCUT2D eigenvalue weighted by Gasteiger charge is -2.38. The molecule has 1 saturated carbocycles. The summed E-state index contributed by atoms with van der Waals surface area (Å²) in [6.07, 6.45) is 0.594. The van der Waals surface area contributed by atoms with Gasteiger partial charge < -0.3 is 4.90 Å². The number of rotatable bonds is 4. The van der Waals surface area contributed by atoms with Gasteiger partial charge in [0.15, 0.2) is 0 Å². The van der Waals surface area contributed by atoms with Crippen LogP contribution in [0.3, 0.4) is 0 Å². The van der Waals surface area contributed by atoms with Crippen LogP contribution < -0.4 is 4.90 Å². The zero-order valence-electron chi connectivity index (χ0n) is 13.2. The van der Waals surface area contributed by atoms with Gasteiger partial charge in [-0.3, -0.25) is 0 Å². The van der Waals surface area contributed by atoms with Crippen molar-refractivity contribution in [1.29, 1.82) is 0 Å². The van der Waals surface area contributed by atoms with E-state index < -0.39 is 21.9 Å². The molecule has 3 rings (SSSR count). The minimum Gasteiger partial charge on any atom is -0.350 e. The number of nitrogens with zero attached hydrogens (tertiary/aromatic N) is 4. The summed E-state index contributed by atoms with van der Waals surface area (Å²) in [5.74, 6) is 0.276. The number of anilines is 1. The van der Waals surface area contributed by atoms with Crippen LogP contribution in [0, 0.1) is 0 Å². The van der Waals surface area contributed by atoms with Crippen molar-refractivity contribution < 1.29 is 21.6 Å². The zero-order valence-corrected chi connectivity index (χ0v) is 14.0. The summed E-state index contributed by atoms with van der Waals surface area (Å²) in [5.41, 5.74) is -0.952. The highest BCUT2D eigenvalue weighted by molar-refractivity contribution is 7.88. The van der Waals surface area contributed by atoms with E-state index in [1.54, 1.807) is 0 Å². The smallest absolute Gasteiger partial charge is 0.350 e. The lowest BCUT2D eigenvalue weighted by Crippen LogP contribution is -2.47. The standard InChI is InChI=1S/C14H19F3N4O2S/c1-24(22,23)20-6-4-11(5-7-20)21(10-2-3-10)13-8-12(14(15,16)17)18-9-19-13/h8-11H,2-7H2,1H3. The van der Waals surface area contributed by atoms with Crippen LogP contribution in [-0.4, -0.2) is 54.1 Å². The number of halogens is 3. The minimum atomic E-state index is -4.51. The fourth-order valence-electron chi connectivity index (χ4n) is 3.12. The first kappa shape index (κ1) is 17.4. The van der Waals surface area contributed by atoms with Crippen molar-refractivity contribution in [2.75, 3.05) is 24.2 Å². The first-order valence-electron chi connectivity index (χ1n) is 7.79. The summed E-state index contributed by atoms with van der Waals surface area (Å²) >= 11 is 0. The second kappa shape index (κ2) is 6.14. The predicted molar refractivity (Wildman–Crippen MR) is 82.0 cm³/mol. The van der Waals surface area contributed by atoms with Gasteiger partial charge in [-0.05, 0) is 25.7 Å². The number of hydrogen-bond acceptors (Lipinski definition) is 5. The van der Waals surface area contributed by atoms with Crippen molar-refractivity contribution in [1.82, 2.24) is 14.3 Å². The highest BCUT2D eigenvalue weighted by Crippen LogP contribution is 2.37. The van der Waals surface area contributed by atoms with Gasteiger partial charge in [0.05, 0.1) is 6.26 Å². The Kier molecular flexibility index (Phi) is 4.45. The van der Waals surface area contributed by atoms with E-state index in [9.17, 15) is 21.6 Å². The van der Waals surface area contributed by atoms with Crippen molar-refractivity contribution in [2.45, 2.75) is 43.9 Å². The van der Waals surface area contributed by atoms with E-state index in [2.05, 4.69) is 9.97 Å². The van der Waals surface area contributed by atoms with E-state index in [0.717, 1.165) is 25.2 Å². The molecule has 134 valence electrons. The van der Waals surface area contributed by atoms with Crippen LogP contribution in [-0.2, 0) is 16.2 Å². The SMILES string of the molecule is CS(=O)(=O)N1CCC(N(c2cc(C(F)(F)F)ncn2)C2CC2)CC1. The molecule has 1 saturated heterocycles. The summed E-state index contributed by atoms with van der Waals surface area (Å²) in [5, 5.41) is 0. The van der Waals surface area contributed by atoms with Crippen LogP contribution in [0.2, 0.25) is 0 Å². The van der Waals surface area contributed by atoms with Crippen molar-refractivity contribution >= 4 is 15.8 Å². The zero-order chi connectivity index (χ0) is 17.5. The molecule has 0 N–H and O–H groups in total. The fourth-order valence-corrected chi connectivity index (χ4v) is 3.99. The highest BCUT2D eigenvalue weighted by Gasteiger charge is 2.39. The van der Waals surface area contributed by atoms with E-state index in [1.807, 2.05) is 4.90 Å². The van der Waals surface area contributed by atoms with Crippen LogP contribution in [0.4, 0.5) is 19.0 Å². The molecule has 2 fully saturated rings. The second-order valence-corrected chi connectivity index (χ2v) is 8.27. The summed E-state index contributed by atoms with van der Waals surface area (Å²) < 4.78 is 63.3. The topological polar surface area (TPSA) is 66.4 Å². The Bertz CT molecular complexity index is 698. The van der Waals surface area contributed by atoms with Gasteiger partial charge in [-0.15, -0.1) is 0 Å². The Morgan fingerprint density at radius 1 is 1.12 bits per heavy atom. The van der Waals surface area contributed by atoms with E-state index in [1.165, 1.54) is 10.6 Å². The molecule has 6 nitrogen and oxygen atoms in total. The maximum atomic E-state index is 12.9. The van der Waals surface area contributed by atoms with Gasteiger partial charge in [-0.2, -0.15) is 13.2 Å². The van der Waals surface area contributed by atoms with Crippen LogP contribution in [0.25, 0.3) is 0 Å². The maximum Gasteiger partial charge on any atom is 0.433 e. The number of sulfonamides is 1. The van der Waals surface area contributed by atoms with E-state index in [4.69, 9.17) is 0 Å². The quantitative estimate of drug-likeness (QED) is 0.816. The summed E-state index contributed by atoms with van der Waals surface area (Å²) in [6.45, 7) is 0.758. The molecule has 1 aliphatic carbocycles. The Morgan fingerprint density at radius 2 is 1.71 bits per heavy atom. The predicted octanol–water partition coefficient (Wildman–Crippen LogP) is 1.89. The van der Waals surface area contributed by atoms with Crippen molar-refractivity contribution in [3.8, 4) is 0 Å². The molecule has 0 radical (unpaired) electrons. The normalized spacial score (nSPS) is 21.0. The van der Waals surface area contributed by atoms with Gasteiger partial charge in [0.25, 0.3) is 0 Å². The van der Waals surface area contributed by atoms with Crippen LogP contribution in [0.5, 0.6) is 0 Å². The summed E-state index contributed by atoms with van der Waals surface area (Å²) in [7, 11) is -3.23. The third-order valence-electron chi connectivity index (χ3n) is 4.43. The molecular weight excluding hydrogens is 345 g/mol. The second-order valence-electron chi connectivity index (χ2n) is 6.29. The minimum absolute atomic E-state index is 0.00789. The third kappa shape index (κ3) is 3.80. The molecule has 0 amide bonds. The number of hydrogen-bond donors (Lipinski definition) is 0. The third-order valence-corrected chi connectivity index (χ3v) is 5.74. The van der Waals surface area contributed by atoms with E-state index >= 15 is 0 Å². The average molecular weight is 364 g/mol. The Balaban J connectivity index is 1.80. The molecule has 10 heteroatoms. The maximum absolute atomic E-state index is 12.9. The molecule has 1 aromatic rings. The van der Waals surface area contributed by atoms with Gasteiger partial charge >= 0.3 is 6.18 Å². The van der Waals surface area contributed by atoms with Crippen molar-refractivity contribution in [3.63, 3.8) is 0 Å². The molecule has 1 aromatic heterocycles. The Morgan fingerprint density at radius 3 is 2.21 bits per heavy atom. The molecule has 2 heterocycles. The fraction of sp³-hybridized carbons (Fsp3) is 0.714. The number of aromatic nitrogens is 2. The number of alkyl halides is 3. The summed E-state index contributed by atoms with van der Waals surface area (Å²) in [6, 6.07) is 1.16. The molecule has 0 unspecified atom stereocenters. The molecule has 2 aliphatic rings. The van der Waals surface area contributed by atoms with E-state index in [0.29, 0.717) is 25.9 Å². The summed E-state index contributed by atoms with van der Waals surface area (Å²) in [4.78, 5) is 9.28. The molecule has 1 aliphatic heterocycles. The van der Waals surface area contributed by atoms with Crippen molar-refractivity contribution in [2.24, 2.45) is 0 Å². The monoisotopic (exact) mass is 364 g/mol. The first-order valence-corrected chi connectivity index (χ1v) is 9.64. The van der Waals surface area contributed by atoms with Crippen LogP contribution in [0.1, 0.15) is 31.4 Å². The average Bonchev–Trinajstić information content (AvgIpc) is 3.31. The molecule has 24 heavy (non-hydrogen) atoms. The lowest BCUT2D eigenvalue weighted by atomic mass is 10.0. The van der Waals surface area contributed by atoms with Gasteiger partial charge in [0.2, 0.25) is 10.0 Å². The Hall–Kier alpha value is -1.42. The van der Waals surface area contributed by atoms with E-state index in [-0.39, 0.29) is 17.9 Å². The highest BCUT2D eigenvalue weighted by atomic mass is 32.2. The van der Waals surface area contributed by atoms with Crippen LogP contribution in [0.15, 0.2) is 12.4 Å². The largest absolute Gasteiger partial charge is 0.433 e. The van der Waals surface area contributed by atoms with Gasteiger partial charge in [0.1, 0.15) is 17.8 Å². The molecular formula is C14H19F3N4O2S. The molecule has 0 atom stereocenters.